The number of nitrogens with one attached hydrogen (secondary N) is 1. The van der Waals surface area contributed by atoms with Crippen molar-refractivity contribution in [3.8, 4) is 0 Å². The van der Waals surface area contributed by atoms with Gasteiger partial charge in [0.15, 0.2) is 0 Å². The normalized spacial score (nSPS) is 17.8. The number of hydrogen-bond donors (Lipinski definition) is 1. The molecule has 3 heteroatoms. The van der Waals surface area contributed by atoms with E-state index in [0.29, 0.717) is 17.3 Å². The van der Waals surface area contributed by atoms with Crippen LogP contribution in [0.15, 0.2) is 9.59 Å². The third-order valence-electron chi connectivity index (χ3n) is 2.60. The maximum Gasteiger partial charge on any atom is 0.249 e. The summed E-state index contributed by atoms with van der Waals surface area (Å²) in [4.78, 5) is 21.8. The highest BCUT2D eigenvalue weighted by Crippen LogP contribution is 2.22. The second-order valence-corrected chi connectivity index (χ2v) is 3.43. The Bertz CT molecular complexity index is 370. The van der Waals surface area contributed by atoms with Gasteiger partial charge in [-0.15, -0.1) is 0 Å². The molecule has 0 spiro atoms. The first-order chi connectivity index (χ1) is 5.70. The van der Waals surface area contributed by atoms with Crippen LogP contribution < -0.4 is 16.2 Å². The van der Waals surface area contributed by atoms with Crippen molar-refractivity contribution in [3.05, 3.63) is 26.0 Å². The Balaban J connectivity index is 2.14. The Morgan fingerprint density at radius 1 is 1.25 bits per heavy atom. The Labute approximate surface area is 70.1 Å². The van der Waals surface area contributed by atoms with Crippen LogP contribution >= 0.6 is 0 Å². The van der Waals surface area contributed by atoms with Crippen molar-refractivity contribution >= 4 is 5.69 Å². The van der Waals surface area contributed by atoms with Crippen LogP contribution in [-0.2, 0) is 0 Å². The van der Waals surface area contributed by atoms with Crippen molar-refractivity contribution in [2.75, 3.05) is 5.32 Å². The average molecular weight is 165 g/mol. The highest BCUT2D eigenvalue weighted by atomic mass is 16.2. The van der Waals surface area contributed by atoms with E-state index in [2.05, 4.69) is 5.32 Å². The van der Waals surface area contributed by atoms with Gasteiger partial charge in [-0.25, -0.2) is 0 Å². The monoisotopic (exact) mass is 165 g/mol. The fraction of sp³-hybridized carbons (Fsp3) is 0.556. The standard InChI is InChI=1S/C9H11NO2/c1-5-7(9(12)8(5)11)10-6-3-2-4-6/h6,10H,2-4H2,1H3. The molecular formula is C9H11NO2. The molecule has 1 aliphatic carbocycles. The predicted octanol–water partition coefficient (Wildman–Crippen LogP) is 0.555. The second kappa shape index (κ2) is 2.44. The van der Waals surface area contributed by atoms with Gasteiger partial charge < -0.3 is 5.32 Å². The molecule has 1 aromatic rings. The molecule has 1 N–H and O–H groups in total. The summed E-state index contributed by atoms with van der Waals surface area (Å²) in [5.41, 5.74) is 0.507. The highest BCUT2D eigenvalue weighted by molar-refractivity contribution is 5.56. The highest BCUT2D eigenvalue weighted by Gasteiger charge is 2.23. The van der Waals surface area contributed by atoms with Crippen molar-refractivity contribution in [2.45, 2.75) is 32.2 Å². The van der Waals surface area contributed by atoms with Crippen LogP contribution in [0.2, 0.25) is 0 Å². The lowest BCUT2D eigenvalue weighted by molar-refractivity contribution is 0.444. The minimum absolute atomic E-state index is 0.322. The molecular weight excluding hydrogens is 154 g/mol. The van der Waals surface area contributed by atoms with Crippen LogP contribution in [0.1, 0.15) is 24.8 Å². The van der Waals surface area contributed by atoms with Gasteiger partial charge in [-0.2, -0.15) is 0 Å². The molecule has 12 heavy (non-hydrogen) atoms. The zero-order valence-corrected chi connectivity index (χ0v) is 7.02. The molecule has 0 aliphatic heterocycles. The van der Waals surface area contributed by atoms with Crippen molar-refractivity contribution in [1.82, 2.24) is 0 Å². The van der Waals surface area contributed by atoms with Crippen LogP contribution in [0.3, 0.4) is 0 Å². The minimum Gasteiger partial charge on any atom is -0.379 e. The molecule has 0 radical (unpaired) electrons. The van der Waals surface area contributed by atoms with Crippen molar-refractivity contribution < 1.29 is 0 Å². The van der Waals surface area contributed by atoms with Gasteiger partial charge in [0.25, 0.3) is 0 Å². The lowest BCUT2D eigenvalue weighted by Crippen LogP contribution is -2.41. The topological polar surface area (TPSA) is 46.2 Å². The maximum absolute atomic E-state index is 11.0. The van der Waals surface area contributed by atoms with Crippen LogP contribution in [0.5, 0.6) is 0 Å². The van der Waals surface area contributed by atoms with E-state index in [0.717, 1.165) is 12.8 Å². The Morgan fingerprint density at radius 3 is 2.33 bits per heavy atom. The molecule has 1 aliphatic rings. The van der Waals surface area contributed by atoms with Crippen LogP contribution in [0, 0.1) is 6.92 Å². The first-order valence-electron chi connectivity index (χ1n) is 4.26. The largest absolute Gasteiger partial charge is 0.379 e. The van der Waals surface area contributed by atoms with E-state index >= 15 is 0 Å². The summed E-state index contributed by atoms with van der Waals surface area (Å²) in [5.74, 6) is 0. The van der Waals surface area contributed by atoms with E-state index in [1.807, 2.05) is 0 Å². The Morgan fingerprint density at radius 2 is 1.92 bits per heavy atom. The van der Waals surface area contributed by atoms with Crippen molar-refractivity contribution in [2.24, 2.45) is 0 Å². The zero-order chi connectivity index (χ0) is 8.72. The summed E-state index contributed by atoms with van der Waals surface area (Å²) in [5, 5.41) is 3.09. The van der Waals surface area contributed by atoms with Gasteiger partial charge in [-0.1, -0.05) is 0 Å². The van der Waals surface area contributed by atoms with E-state index in [1.54, 1.807) is 6.92 Å². The average Bonchev–Trinajstić information content (AvgIpc) is 2.01. The fourth-order valence-corrected chi connectivity index (χ4v) is 1.44. The summed E-state index contributed by atoms with van der Waals surface area (Å²) >= 11 is 0. The molecule has 0 heterocycles. The first kappa shape index (κ1) is 7.53. The van der Waals surface area contributed by atoms with Gasteiger partial charge in [0.1, 0.15) is 0 Å². The third-order valence-corrected chi connectivity index (χ3v) is 2.60. The van der Waals surface area contributed by atoms with Crippen LogP contribution in [0.4, 0.5) is 5.69 Å². The smallest absolute Gasteiger partial charge is 0.249 e. The van der Waals surface area contributed by atoms with Gasteiger partial charge in [-0.05, 0) is 26.2 Å². The van der Waals surface area contributed by atoms with Crippen molar-refractivity contribution in [1.29, 1.82) is 0 Å². The molecule has 0 bridgehead atoms. The summed E-state index contributed by atoms with van der Waals surface area (Å²) in [6, 6.07) is 0.437. The molecule has 64 valence electrons. The molecule has 3 nitrogen and oxygen atoms in total. The van der Waals surface area contributed by atoms with Gasteiger partial charge in [0, 0.05) is 11.6 Å². The fourth-order valence-electron chi connectivity index (χ4n) is 1.44. The summed E-state index contributed by atoms with van der Waals surface area (Å²) in [6.07, 6.45) is 3.47. The van der Waals surface area contributed by atoms with Gasteiger partial charge in [0.2, 0.25) is 10.9 Å². The maximum atomic E-state index is 11.0. The lowest BCUT2D eigenvalue weighted by Gasteiger charge is -2.28. The van der Waals surface area contributed by atoms with Gasteiger partial charge in [0.05, 0.1) is 5.69 Å². The molecule has 2 rings (SSSR count). The van der Waals surface area contributed by atoms with E-state index in [9.17, 15) is 9.59 Å². The van der Waals surface area contributed by atoms with Gasteiger partial charge >= 0.3 is 0 Å². The summed E-state index contributed by atoms with van der Waals surface area (Å²) < 4.78 is 0. The molecule has 0 aromatic heterocycles. The number of rotatable bonds is 2. The zero-order valence-electron chi connectivity index (χ0n) is 7.02. The summed E-state index contributed by atoms with van der Waals surface area (Å²) in [7, 11) is 0. The minimum atomic E-state index is -0.334. The van der Waals surface area contributed by atoms with Gasteiger partial charge in [-0.3, -0.25) is 9.59 Å². The predicted molar refractivity (Wildman–Crippen MR) is 47.4 cm³/mol. The van der Waals surface area contributed by atoms with E-state index < -0.39 is 0 Å². The molecule has 0 saturated heterocycles. The van der Waals surface area contributed by atoms with Crippen LogP contribution in [0.25, 0.3) is 0 Å². The quantitative estimate of drug-likeness (QED) is 0.651. The van der Waals surface area contributed by atoms with E-state index in [4.69, 9.17) is 0 Å². The van der Waals surface area contributed by atoms with E-state index in [-0.39, 0.29) is 10.9 Å². The molecule has 1 fully saturated rings. The van der Waals surface area contributed by atoms with E-state index in [1.165, 1.54) is 6.42 Å². The Hall–Kier alpha value is -1.12. The number of hydrogen-bond acceptors (Lipinski definition) is 3. The van der Waals surface area contributed by atoms with Crippen LogP contribution in [-0.4, -0.2) is 6.04 Å². The SMILES string of the molecule is Cc1c(NC2CCC2)c(=O)c1=O. The second-order valence-electron chi connectivity index (χ2n) is 3.43. The lowest BCUT2D eigenvalue weighted by atomic mass is 9.92. The first-order valence-corrected chi connectivity index (χ1v) is 4.26. The molecule has 0 amide bonds. The summed E-state index contributed by atoms with van der Waals surface area (Å²) in [6.45, 7) is 1.70. The molecule has 1 saturated carbocycles. The van der Waals surface area contributed by atoms with Crippen molar-refractivity contribution in [3.63, 3.8) is 0 Å². The molecule has 0 atom stereocenters. The third kappa shape index (κ3) is 0.891. The number of anilines is 1. The Kier molecular flexibility index (Phi) is 1.53. The molecule has 1 aromatic carbocycles. The molecule has 0 unspecified atom stereocenters.